The molecule has 1 heterocycles. The molecule has 4 fully saturated rings. The van der Waals surface area contributed by atoms with Crippen LogP contribution < -0.4 is 10.9 Å². The van der Waals surface area contributed by atoms with E-state index in [9.17, 15) is 9.59 Å². The number of nitrogens with zero attached hydrogens (tertiary/aromatic N) is 1. The first-order valence-corrected chi connectivity index (χ1v) is 10.2. The molecule has 0 saturated heterocycles. The van der Waals surface area contributed by atoms with Gasteiger partial charge in [-0.1, -0.05) is 30.3 Å². The van der Waals surface area contributed by atoms with Gasteiger partial charge in [-0.15, -0.1) is 0 Å². The zero-order valence-corrected chi connectivity index (χ0v) is 15.9. The van der Waals surface area contributed by atoms with Crippen LogP contribution in [0.4, 0.5) is 0 Å². The van der Waals surface area contributed by atoms with Gasteiger partial charge in [0, 0.05) is 18.0 Å². The maximum atomic E-state index is 13.3. The van der Waals surface area contributed by atoms with E-state index in [4.69, 9.17) is 0 Å². The first kappa shape index (κ1) is 17.4. The smallest absolute Gasteiger partial charge is 0.269 e. The molecular weight excluding hydrogens is 350 g/mol. The molecule has 6 rings (SSSR count). The van der Waals surface area contributed by atoms with Crippen molar-refractivity contribution in [2.45, 2.75) is 43.9 Å². The fourth-order valence-electron chi connectivity index (χ4n) is 6.48. The Hall–Kier alpha value is -2.69. The third-order valence-electron chi connectivity index (χ3n) is 7.16. The molecule has 0 radical (unpaired) electrons. The van der Waals surface area contributed by atoms with Gasteiger partial charge in [-0.2, -0.15) is 0 Å². The second-order valence-corrected chi connectivity index (χ2v) is 9.03. The van der Waals surface area contributed by atoms with Crippen molar-refractivity contribution in [1.29, 1.82) is 0 Å². The molecule has 2 atom stereocenters. The van der Waals surface area contributed by atoms with Gasteiger partial charge in [-0.05, 0) is 73.5 Å². The molecule has 4 aliphatic rings. The van der Waals surface area contributed by atoms with E-state index in [1.807, 2.05) is 0 Å². The minimum absolute atomic E-state index is 0.0238. The topological polar surface area (TPSA) is 71.1 Å². The predicted octanol–water partition coefficient (Wildman–Crippen LogP) is 3.38. The molecule has 2 unspecified atom stereocenters. The third kappa shape index (κ3) is 2.81. The van der Waals surface area contributed by atoms with E-state index in [0.29, 0.717) is 17.4 Å². The number of benzene rings is 1. The average Bonchev–Trinajstić information content (AvgIpc) is 2.72. The number of rotatable bonds is 3. The summed E-state index contributed by atoms with van der Waals surface area (Å²) in [5.41, 5.74) is 6.96. The predicted molar refractivity (Wildman–Crippen MR) is 105 cm³/mol. The number of carbonyl (C=O) groups is 2. The number of hydrazine groups is 1. The van der Waals surface area contributed by atoms with E-state index in [0.717, 1.165) is 19.3 Å². The average molecular weight is 375 g/mol. The van der Waals surface area contributed by atoms with Crippen LogP contribution in [0.2, 0.25) is 0 Å². The lowest BCUT2D eigenvalue weighted by molar-refractivity contribution is -0.149. The van der Waals surface area contributed by atoms with Gasteiger partial charge in [-0.25, -0.2) is 0 Å². The molecule has 0 aliphatic heterocycles. The van der Waals surface area contributed by atoms with Crippen LogP contribution in [0.3, 0.4) is 0 Å². The molecule has 28 heavy (non-hydrogen) atoms. The highest BCUT2D eigenvalue weighted by molar-refractivity contribution is 5.95. The molecule has 5 heteroatoms. The summed E-state index contributed by atoms with van der Waals surface area (Å²) in [4.78, 5) is 29.5. The van der Waals surface area contributed by atoms with Crippen LogP contribution in [0, 0.1) is 17.3 Å². The third-order valence-corrected chi connectivity index (χ3v) is 7.16. The number of carbonyl (C=O) groups excluding carboxylic acids is 2. The van der Waals surface area contributed by atoms with Crippen molar-refractivity contribution >= 4 is 11.8 Å². The van der Waals surface area contributed by atoms with Crippen LogP contribution in [0.25, 0.3) is 0 Å². The number of hydrogen-bond acceptors (Lipinski definition) is 3. The Morgan fingerprint density at radius 1 is 0.893 bits per heavy atom. The summed E-state index contributed by atoms with van der Waals surface area (Å²) < 4.78 is 0. The molecule has 1 aromatic heterocycles. The molecule has 4 bridgehead atoms. The Balaban J connectivity index is 1.36. The highest BCUT2D eigenvalue weighted by atomic mass is 16.2. The molecule has 4 saturated carbocycles. The summed E-state index contributed by atoms with van der Waals surface area (Å²) in [6.07, 6.45) is 9.52. The molecule has 5 nitrogen and oxygen atoms in total. The van der Waals surface area contributed by atoms with Crippen molar-refractivity contribution in [2.24, 2.45) is 17.3 Å². The quantitative estimate of drug-likeness (QED) is 0.808. The van der Waals surface area contributed by atoms with Gasteiger partial charge in [0.15, 0.2) is 0 Å². The van der Waals surface area contributed by atoms with Crippen molar-refractivity contribution in [3.8, 4) is 0 Å². The van der Waals surface area contributed by atoms with E-state index in [1.54, 1.807) is 24.5 Å². The van der Waals surface area contributed by atoms with Gasteiger partial charge in [0.05, 0.1) is 5.41 Å². The van der Waals surface area contributed by atoms with Crippen molar-refractivity contribution < 1.29 is 9.59 Å². The van der Waals surface area contributed by atoms with Crippen LogP contribution in [0.5, 0.6) is 0 Å². The van der Waals surface area contributed by atoms with Crippen molar-refractivity contribution in [2.75, 3.05) is 0 Å². The number of pyridine rings is 1. The van der Waals surface area contributed by atoms with Gasteiger partial charge in [0.1, 0.15) is 0 Å². The van der Waals surface area contributed by atoms with Gasteiger partial charge in [0.2, 0.25) is 5.91 Å². The highest BCUT2D eigenvalue weighted by Gasteiger charge is 2.60. The van der Waals surface area contributed by atoms with E-state index in [1.165, 1.54) is 24.8 Å². The maximum Gasteiger partial charge on any atom is 0.269 e. The summed E-state index contributed by atoms with van der Waals surface area (Å²) in [5, 5.41) is 0. The molecule has 2 aromatic rings. The molecule has 144 valence electrons. The Morgan fingerprint density at radius 3 is 2.25 bits per heavy atom. The van der Waals surface area contributed by atoms with Crippen molar-refractivity contribution in [1.82, 2.24) is 15.8 Å². The molecular formula is C23H25N3O2. The lowest BCUT2D eigenvalue weighted by Gasteiger charge is -2.61. The molecule has 0 spiro atoms. The minimum Gasteiger partial charge on any atom is -0.273 e. The van der Waals surface area contributed by atoms with E-state index in [2.05, 4.69) is 46.2 Å². The minimum atomic E-state index is -0.370. The fourth-order valence-corrected chi connectivity index (χ4v) is 6.48. The van der Waals surface area contributed by atoms with Gasteiger partial charge in [0.25, 0.3) is 5.91 Å². The van der Waals surface area contributed by atoms with Crippen LogP contribution in [0.1, 0.15) is 54.4 Å². The highest BCUT2D eigenvalue weighted by Crippen LogP contribution is 2.65. The molecule has 2 N–H and O–H groups in total. The van der Waals surface area contributed by atoms with E-state index < -0.39 is 0 Å². The Kier molecular flexibility index (Phi) is 4.00. The summed E-state index contributed by atoms with van der Waals surface area (Å²) in [6.45, 7) is 0. The van der Waals surface area contributed by atoms with E-state index >= 15 is 0 Å². The summed E-state index contributed by atoms with van der Waals surface area (Å²) in [5.74, 6) is 0.869. The standard InChI is InChI=1S/C23H25N3O2/c27-20(18-6-8-24-9-7-18)25-26-21(28)23-13-16-10-17(14-23)12-22(11-16,15-23)19-4-2-1-3-5-19/h1-9,16-17H,10-15H2,(H,25,27)(H,26,28). The molecule has 4 aliphatic carbocycles. The summed E-state index contributed by atoms with van der Waals surface area (Å²) in [6, 6.07) is 14.0. The van der Waals surface area contributed by atoms with E-state index in [-0.39, 0.29) is 22.6 Å². The lowest BCUT2D eigenvalue weighted by Crippen LogP contribution is -2.60. The molecule has 1 aromatic carbocycles. The number of amides is 2. The largest absolute Gasteiger partial charge is 0.273 e. The van der Waals surface area contributed by atoms with Crippen LogP contribution in [-0.2, 0) is 10.2 Å². The lowest BCUT2D eigenvalue weighted by atomic mass is 9.42. The Labute approximate surface area is 164 Å². The van der Waals surface area contributed by atoms with Gasteiger partial charge < -0.3 is 0 Å². The summed E-state index contributed by atoms with van der Waals surface area (Å²) >= 11 is 0. The number of nitrogens with one attached hydrogen (secondary N) is 2. The Morgan fingerprint density at radius 2 is 1.57 bits per heavy atom. The maximum absolute atomic E-state index is 13.3. The summed E-state index contributed by atoms with van der Waals surface area (Å²) in [7, 11) is 0. The first-order valence-electron chi connectivity index (χ1n) is 10.2. The van der Waals surface area contributed by atoms with Crippen molar-refractivity contribution in [3.63, 3.8) is 0 Å². The Bertz CT molecular complexity index is 883. The zero-order valence-electron chi connectivity index (χ0n) is 15.9. The van der Waals surface area contributed by atoms with Crippen LogP contribution >= 0.6 is 0 Å². The van der Waals surface area contributed by atoms with Gasteiger partial charge in [-0.3, -0.25) is 25.4 Å². The normalized spacial score (nSPS) is 32.7. The van der Waals surface area contributed by atoms with Gasteiger partial charge >= 0.3 is 0 Å². The second kappa shape index (κ2) is 6.43. The number of hydrogen-bond donors (Lipinski definition) is 2. The molecule has 2 amide bonds. The second-order valence-electron chi connectivity index (χ2n) is 9.03. The zero-order chi connectivity index (χ0) is 19.2. The monoisotopic (exact) mass is 375 g/mol. The SMILES string of the molecule is O=C(NNC(=O)C12CC3CC(C1)CC(c1ccccc1)(C3)C2)c1ccncc1. The fraction of sp³-hybridized carbons (Fsp3) is 0.435. The number of aromatic nitrogens is 1. The van der Waals surface area contributed by atoms with Crippen LogP contribution in [-0.4, -0.2) is 16.8 Å². The first-order chi connectivity index (χ1) is 13.6. The van der Waals surface area contributed by atoms with Crippen LogP contribution in [0.15, 0.2) is 54.9 Å². The van der Waals surface area contributed by atoms with Crippen molar-refractivity contribution in [3.05, 3.63) is 66.0 Å².